The molecule has 6 nitrogen and oxygen atoms in total. The Kier molecular flexibility index (Phi) is 4.35. The molecule has 0 spiro atoms. The van der Waals surface area contributed by atoms with Gasteiger partial charge in [0.15, 0.2) is 5.13 Å². The van der Waals surface area contributed by atoms with E-state index < -0.39 is 5.97 Å². The first-order chi connectivity index (χ1) is 11.1. The number of thiazole rings is 1. The maximum atomic E-state index is 12.2. The number of anilines is 1. The number of hydrogen-bond donors (Lipinski definition) is 1. The van der Waals surface area contributed by atoms with Crippen molar-refractivity contribution in [1.82, 2.24) is 9.97 Å². The van der Waals surface area contributed by atoms with Gasteiger partial charge in [0, 0.05) is 5.56 Å². The maximum absolute atomic E-state index is 12.2. The molecule has 1 aromatic carbocycles. The number of nitrogens with zero attached hydrogens (tertiary/aromatic N) is 2. The van der Waals surface area contributed by atoms with E-state index in [1.807, 2.05) is 6.07 Å². The van der Waals surface area contributed by atoms with Crippen LogP contribution in [0.25, 0.3) is 10.3 Å². The van der Waals surface area contributed by atoms with Crippen LogP contribution in [0.5, 0.6) is 0 Å². The van der Waals surface area contributed by atoms with Crippen LogP contribution >= 0.6 is 27.3 Å². The lowest BCUT2D eigenvalue weighted by Crippen LogP contribution is -2.12. The number of carbonyl (C=O) groups excluding carboxylic acids is 2. The SMILES string of the molecule is COC(=O)c1ccc(C(=O)Nc2nc3ccc(Br)nc3s2)cc1. The third-order valence-corrected chi connectivity index (χ3v) is 4.33. The predicted octanol–water partition coefficient (Wildman–Crippen LogP) is 3.49. The van der Waals surface area contributed by atoms with Crippen molar-refractivity contribution in [2.45, 2.75) is 0 Å². The van der Waals surface area contributed by atoms with E-state index in [0.717, 1.165) is 10.3 Å². The van der Waals surface area contributed by atoms with Crippen molar-refractivity contribution in [2.24, 2.45) is 0 Å². The zero-order valence-electron chi connectivity index (χ0n) is 11.9. The molecule has 2 aromatic heterocycles. The van der Waals surface area contributed by atoms with Crippen LogP contribution in [-0.2, 0) is 4.74 Å². The van der Waals surface area contributed by atoms with Crippen LogP contribution in [-0.4, -0.2) is 29.0 Å². The molecule has 23 heavy (non-hydrogen) atoms. The summed E-state index contributed by atoms with van der Waals surface area (Å²) < 4.78 is 5.33. The summed E-state index contributed by atoms with van der Waals surface area (Å²) in [5, 5.41) is 3.19. The summed E-state index contributed by atoms with van der Waals surface area (Å²) in [6.07, 6.45) is 0. The number of nitrogens with one attached hydrogen (secondary N) is 1. The summed E-state index contributed by atoms with van der Waals surface area (Å²) in [7, 11) is 1.31. The van der Waals surface area contributed by atoms with E-state index >= 15 is 0 Å². The van der Waals surface area contributed by atoms with Gasteiger partial charge in [-0.25, -0.2) is 14.8 Å². The minimum Gasteiger partial charge on any atom is -0.465 e. The van der Waals surface area contributed by atoms with Gasteiger partial charge in [-0.2, -0.15) is 0 Å². The zero-order chi connectivity index (χ0) is 16.4. The molecule has 1 N–H and O–H groups in total. The summed E-state index contributed by atoms with van der Waals surface area (Å²) in [5.41, 5.74) is 1.53. The van der Waals surface area contributed by atoms with Gasteiger partial charge in [0.25, 0.3) is 5.91 Å². The van der Waals surface area contributed by atoms with Crippen molar-refractivity contribution in [3.8, 4) is 0 Å². The largest absolute Gasteiger partial charge is 0.465 e. The molecule has 0 unspecified atom stereocenters. The number of rotatable bonds is 3. The molecule has 2 heterocycles. The molecule has 3 rings (SSSR count). The summed E-state index contributed by atoms with van der Waals surface area (Å²) in [6, 6.07) is 9.81. The average molecular weight is 392 g/mol. The van der Waals surface area contributed by atoms with Gasteiger partial charge < -0.3 is 4.74 Å². The second-order valence-electron chi connectivity index (χ2n) is 4.50. The fourth-order valence-electron chi connectivity index (χ4n) is 1.89. The number of fused-ring (bicyclic) bond motifs is 1. The van der Waals surface area contributed by atoms with E-state index in [9.17, 15) is 9.59 Å². The minimum absolute atomic E-state index is 0.306. The van der Waals surface area contributed by atoms with E-state index in [0.29, 0.717) is 20.9 Å². The van der Waals surface area contributed by atoms with Crippen LogP contribution in [0, 0.1) is 0 Å². The number of esters is 1. The first kappa shape index (κ1) is 15.6. The first-order valence-corrected chi connectivity index (χ1v) is 8.10. The van der Waals surface area contributed by atoms with Crippen molar-refractivity contribution in [1.29, 1.82) is 0 Å². The Morgan fingerprint density at radius 3 is 2.48 bits per heavy atom. The molecule has 0 aliphatic heterocycles. The first-order valence-electron chi connectivity index (χ1n) is 6.49. The molecule has 3 aromatic rings. The highest BCUT2D eigenvalue weighted by Crippen LogP contribution is 2.26. The molecule has 116 valence electrons. The van der Waals surface area contributed by atoms with Crippen LogP contribution in [0.3, 0.4) is 0 Å². The predicted molar refractivity (Wildman–Crippen MR) is 90.8 cm³/mol. The molecule has 0 radical (unpaired) electrons. The van der Waals surface area contributed by atoms with Gasteiger partial charge in [0.2, 0.25) is 0 Å². The van der Waals surface area contributed by atoms with E-state index in [-0.39, 0.29) is 5.91 Å². The quantitative estimate of drug-likeness (QED) is 0.545. The summed E-state index contributed by atoms with van der Waals surface area (Å²) in [4.78, 5) is 32.9. The number of benzene rings is 1. The second kappa shape index (κ2) is 6.43. The molecule has 0 fully saturated rings. The van der Waals surface area contributed by atoms with Gasteiger partial charge in [-0.3, -0.25) is 10.1 Å². The lowest BCUT2D eigenvalue weighted by atomic mass is 10.1. The number of hydrogen-bond acceptors (Lipinski definition) is 6. The van der Waals surface area contributed by atoms with Gasteiger partial charge in [-0.1, -0.05) is 11.3 Å². The number of ether oxygens (including phenoxy) is 1. The standard InChI is InChI=1S/C15H10BrN3O3S/c1-22-14(21)9-4-2-8(3-5-9)12(20)19-15-17-10-6-7-11(16)18-13(10)23-15/h2-7H,1H3,(H,17,19,20). The summed E-state index contributed by atoms with van der Waals surface area (Å²) in [5.74, 6) is -0.751. The lowest BCUT2D eigenvalue weighted by molar-refractivity contribution is 0.0600. The fraction of sp³-hybridized carbons (Fsp3) is 0.0667. The smallest absolute Gasteiger partial charge is 0.337 e. The topological polar surface area (TPSA) is 81.2 Å². The third kappa shape index (κ3) is 3.38. The van der Waals surface area contributed by atoms with Crippen molar-refractivity contribution in [3.05, 3.63) is 52.1 Å². The number of halogens is 1. The Morgan fingerprint density at radius 2 is 1.78 bits per heavy atom. The second-order valence-corrected chi connectivity index (χ2v) is 6.29. The van der Waals surface area contributed by atoms with Crippen molar-refractivity contribution in [2.75, 3.05) is 12.4 Å². The van der Waals surface area contributed by atoms with E-state index in [2.05, 4.69) is 36.0 Å². The Morgan fingerprint density at radius 1 is 1.09 bits per heavy atom. The number of methoxy groups -OCH3 is 1. The molecule has 0 atom stereocenters. The van der Waals surface area contributed by atoms with Gasteiger partial charge in [-0.05, 0) is 52.3 Å². The molecule has 8 heteroatoms. The van der Waals surface area contributed by atoms with E-state index in [1.54, 1.807) is 18.2 Å². The molecule has 0 bridgehead atoms. The Bertz CT molecular complexity index is 893. The van der Waals surface area contributed by atoms with Crippen molar-refractivity contribution < 1.29 is 14.3 Å². The molecular formula is C15H10BrN3O3S. The highest BCUT2D eigenvalue weighted by molar-refractivity contribution is 9.10. The van der Waals surface area contributed by atoms with Crippen molar-refractivity contribution >= 4 is 54.6 Å². The monoisotopic (exact) mass is 391 g/mol. The van der Waals surface area contributed by atoms with Gasteiger partial charge in [0.1, 0.15) is 15.0 Å². The summed E-state index contributed by atoms with van der Waals surface area (Å²) >= 11 is 4.58. The van der Waals surface area contributed by atoms with Gasteiger partial charge in [-0.15, -0.1) is 0 Å². The molecule has 0 saturated carbocycles. The van der Waals surface area contributed by atoms with Crippen LogP contribution in [0.1, 0.15) is 20.7 Å². The number of aromatic nitrogens is 2. The fourth-order valence-corrected chi connectivity index (χ4v) is 3.15. The normalized spacial score (nSPS) is 10.5. The minimum atomic E-state index is -0.445. The maximum Gasteiger partial charge on any atom is 0.337 e. The van der Waals surface area contributed by atoms with Crippen LogP contribution in [0.15, 0.2) is 41.0 Å². The van der Waals surface area contributed by atoms with E-state index in [1.165, 1.54) is 30.6 Å². The van der Waals surface area contributed by atoms with E-state index in [4.69, 9.17) is 0 Å². The number of carbonyl (C=O) groups is 2. The molecule has 0 aliphatic rings. The molecule has 0 aliphatic carbocycles. The third-order valence-electron chi connectivity index (χ3n) is 3.01. The Labute approximate surface area is 143 Å². The molecule has 1 amide bonds. The lowest BCUT2D eigenvalue weighted by Gasteiger charge is -2.03. The summed E-state index contributed by atoms with van der Waals surface area (Å²) in [6.45, 7) is 0. The Hall–Kier alpha value is -2.32. The Balaban J connectivity index is 1.78. The molecule has 0 saturated heterocycles. The zero-order valence-corrected chi connectivity index (χ0v) is 14.3. The molecular weight excluding hydrogens is 382 g/mol. The average Bonchev–Trinajstić information content (AvgIpc) is 2.95. The highest BCUT2D eigenvalue weighted by Gasteiger charge is 2.12. The highest BCUT2D eigenvalue weighted by atomic mass is 79.9. The van der Waals surface area contributed by atoms with Crippen LogP contribution < -0.4 is 5.32 Å². The van der Waals surface area contributed by atoms with Crippen molar-refractivity contribution in [3.63, 3.8) is 0 Å². The number of amides is 1. The number of pyridine rings is 1. The van der Waals surface area contributed by atoms with Gasteiger partial charge in [0.05, 0.1) is 12.7 Å². The van der Waals surface area contributed by atoms with Crippen LogP contribution in [0.4, 0.5) is 5.13 Å². The van der Waals surface area contributed by atoms with Gasteiger partial charge >= 0.3 is 5.97 Å². The van der Waals surface area contributed by atoms with Crippen LogP contribution in [0.2, 0.25) is 0 Å².